The number of carbonyl (C=O) groups excluding carboxylic acids is 1. The standard InChI is InChI=1S/C13H17Cl2NO2/c1-10-11(4-2-5-12(10)15)13(17)16-7-3-8-18-9-6-14/h2,4-5H,3,6-9H2,1H3,(H,16,17). The van der Waals surface area contributed by atoms with Gasteiger partial charge in [-0.3, -0.25) is 4.79 Å². The minimum absolute atomic E-state index is 0.104. The fourth-order valence-electron chi connectivity index (χ4n) is 1.48. The Bertz CT molecular complexity index is 397. The quantitative estimate of drug-likeness (QED) is 0.619. The first-order chi connectivity index (χ1) is 8.66. The highest BCUT2D eigenvalue weighted by Gasteiger charge is 2.09. The molecule has 0 bridgehead atoms. The van der Waals surface area contributed by atoms with Crippen LogP contribution >= 0.6 is 23.2 Å². The minimum Gasteiger partial charge on any atom is -0.380 e. The fraction of sp³-hybridized carbons (Fsp3) is 0.462. The van der Waals surface area contributed by atoms with Crippen LogP contribution in [0.4, 0.5) is 0 Å². The van der Waals surface area contributed by atoms with Crippen LogP contribution in [-0.4, -0.2) is 31.5 Å². The molecule has 0 aromatic heterocycles. The van der Waals surface area contributed by atoms with Crippen LogP contribution < -0.4 is 5.32 Å². The zero-order chi connectivity index (χ0) is 13.4. The molecular formula is C13H17Cl2NO2. The van der Waals surface area contributed by atoms with E-state index in [2.05, 4.69) is 5.32 Å². The van der Waals surface area contributed by atoms with Crippen molar-refractivity contribution in [3.8, 4) is 0 Å². The number of amides is 1. The minimum atomic E-state index is -0.104. The number of hydrogen-bond acceptors (Lipinski definition) is 2. The highest BCUT2D eigenvalue weighted by molar-refractivity contribution is 6.31. The molecule has 1 aromatic rings. The molecule has 0 aliphatic rings. The zero-order valence-electron chi connectivity index (χ0n) is 10.3. The van der Waals surface area contributed by atoms with E-state index in [1.54, 1.807) is 18.2 Å². The van der Waals surface area contributed by atoms with Crippen molar-refractivity contribution in [3.05, 3.63) is 34.3 Å². The van der Waals surface area contributed by atoms with Crippen molar-refractivity contribution >= 4 is 29.1 Å². The first-order valence-corrected chi connectivity index (χ1v) is 6.75. The van der Waals surface area contributed by atoms with Crippen LogP contribution in [0.5, 0.6) is 0 Å². The van der Waals surface area contributed by atoms with Gasteiger partial charge in [0.15, 0.2) is 0 Å². The number of nitrogens with one attached hydrogen (secondary N) is 1. The Balaban J connectivity index is 2.35. The van der Waals surface area contributed by atoms with Gasteiger partial charge in [-0.25, -0.2) is 0 Å². The van der Waals surface area contributed by atoms with Gasteiger partial charge in [0.1, 0.15) is 0 Å². The Hall–Kier alpha value is -0.770. The van der Waals surface area contributed by atoms with E-state index < -0.39 is 0 Å². The van der Waals surface area contributed by atoms with Crippen LogP contribution in [0.15, 0.2) is 18.2 Å². The van der Waals surface area contributed by atoms with E-state index in [1.807, 2.05) is 6.92 Å². The lowest BCUT2D eigenvalue weighted by atomic mass is 10.1. The third-order valence-electron chi connectivity index (χ3n) is 2.48. The normalized spacial score (nSPS) is 10.4. The zero-order valence-corrected chi connectivity index (χ0v) is 11.9. The average Bonchev–Trinajstić information content (AvgIpc) is 2.36. The predicted molar refractivity (Wildman–Crippen MR) is 74.7 cm³/mol. The average molecular weight is 290 g/mol. The molecular weight excluding hydrogens is 273 g/mol. The number of hydrogen-bond donors (Lipinski definition) is 1. The van der Waals surface area contributed by atoms with E-state index in [1.165, 1.54) is 0 Å². The Kier molecular flexibility index (Phi) is 7.09. The summed E-state index contributed by atoms with van der Waals surface area (Å²) in [5, 5.41) is 3.44. The van der Waals surface area contributed by atoms with Gasteiger partial charge >= 0.3 is 0 Å². The summed E-state index contributed by atoms with van der Waals surface area (Å²) < 4.78 is 5.21. The number of rotatable bonds is 7. The van der Waals surface area contributed by atoms with E-state index in [0.29, 0.717) is 36.2 Å². The summed E-state index contributed by atoms with van der Waals surface area (Å²) >= 11 is 11.4. The third-order valence-corrected chi connectivity index (χ3v) is 3.05. The van der Waals surface area contributed by atoms with Crippen LogP contribution in [0.3, 0.4) is 0 Å². The first kappa shape index (κ1) is 15.3. The molecule has 1 aromatic carbocycles. The lowest BCUT2D eigenvalue weighted by molar-refractivity contribution is 0.0944. The van der Waals surface area contributed by atoms with E-state index in [9.17, 15) is 4.79 Å². The van der Waals surface area contributed by atoms with Gasteiger partial charge in [0.2, 0.25) is 0 Å². The van der Waals surface area contributed by atoms with E-state index in [-0.39, 0.29) is 5.91 Å². The van der Waals surface area contributed by atoms with E-state index in [0.717, 1.165) is 12.0 Å². The van der Waals surface area contributed by atoms with Gasteiger partial charge in [-0.05, 0) is 31.0 Å². The summed E-state index contributed by atoms with van der Waals surface area (Å²) in [6.07, 6.45) is 0.766. The highest BCUT2D eigenvalue weighted by atomic mass is 35.5. The highest BCUT2D eigenvalue weighted by Crippen LogP contribution is 2.18. The van der Waals surface area contributed by atoms with Gasteiger partial charge < -0.3 is 10.1 Å². The molecule has 0 spiro atoms. The summed E-state index contributed by atoms with van der Waals surface area (Å²) in [7, 11) is 0. The lowest BCUT2D eigenvalue weighted by Gasteiger charge is -2.08. The molecule has 3 nitrogen and oxygen atoms in total. The van der Waals surface area contributed by atoms with Crippen LogP contribution in [-0.2, 0) is 4.74 Å². The van der Waals surface area contributed by atoms with E-state index in [4.69, 9.17) is 27.9 Å². The molecule has 1 N–H and O–H groups in total. The van der Waals surface area contributed by atoms with Gasteiger partial charge in [-0.1, -0.05) is 17.7 Å². The van der Waals surface area contributed by atoms with Crippen molar-refractivity contribution < 1.29 is 9.53 Å². The van der Waals surface area contributed by atoms with Gasteiger partial charge in [0.25, 0.3) is 5.91 Å². The Labute approximate surface area is 117 Å². The maximum absolute atomic E-state index is 11.9. The molecule has 0 saturated heterocycles. The molecule has 100 valence electrons. The van der Waals surface area contributed by atoms with Crippen LogP contribution in [0.2, 0.25) is 5.02 Å². The Morgan fingerprint density at radius 1 is 1.39 bits per heavy atom. The Morgan fingerprint density at radius 2 is 2.17 bits per heavy atom. The van der Waals surface area contributed by atoms with Crippen LogP contribution in [0.25, 0.3) is 0 Å². The maximum atomic E-state index is 11.9. The van der Waals surface area contributed by atoms with Crippen molar-refractivity contribution in [1.29, 1.82) is 0 Å². The molecule has 0 heterocycles. The van der Waals surface area contributed by atoms with Crippen LogP contribution in [0.1, 0.15) is 22.3 Å². The largest absolute Gasteiger partial charge is 0.380 e. The van der Waals surface area contributed by atoms with Crippen molar-refractivity contribution in [2.45, 2.75) is 13.3 Å². The third kappa shape index (κ3) is 4.84. The second-order valence-electron chi connectivity index (χ2n) is 3.82. The van der Waals surface area contributed by atoms with Crippen molar-refractivity contribution in [3.63, 3.8) is 0 Å². The molecule has 1 rings (SSSR count). The number of halogens is 2. The molecule has 0 saturated carbocycles. The molecule has 5 heteroatoms. The lowest BCUT2D eigenvalue weighted by Crippen LogP contribution is -2.26. The number of benzene rings is 1. The molecule has 0 atom stereocenters. The summed E-state index contributed by atoms with van der Waals surface area (Å²) in [4.78, 5) is 11.9. The fourth-order valence-corrected chi connectivity index (χ4v) is 1.77. The molecule has 18 heavy (non-hydrogen) atoms. The van der Waals surface area contributed by atoms with Crippen LogP contribution in [0, 0.1) is 6.92 Å². The molecule has 0 aliphatic carbocycles. The van der Waals surface area contributed by atoms with Crippen molar-refractivity contribution in [2.24, 2.45) is 0 Å². The molecule has 0 fully saturated rings. The number of carbonyl (C=O) groups is 1. The topological polar surface area (TPSA) is 38.3 Å². The summed E-state index contributed by atoms with van der Waals surface area (Å²) in [5.41, 5.74) is 1.42. The Morgan fingerprint density at radius 3 is 2.89 bits per heavy atom. The molecule has 0 radical (unpaired) electrons. The summed E-state index contributed by atoms with van der Waals surface area (Å²) in [6, 6.07) is 5.31. The van der Waals surface area contributed by atoms with Gasteiger partial charge in [0, 0.05) is 29.6 Å². The molecule has 0 unspecified atom stereocenters. The second kappa shape index (κ2) is 8.35. The SMILES string of the molecule is Cc1c(Cl)cccc1C(=O)NCCCOCCCl. The second-order valence-corrected chi connectivity index (χ2v) is 4.61. The van der Waals surface area contributed by atoms with Crippen molar-refractivity contribution in [1.82, 2.24) is 5.32 Å². The first-order valence-electron chi connectivity index (χ1n) is 5.84. The molecule has 0 aliphatic heterocycles. The number of alkyl halides is 1. The van der Waals surface area contributed by atoms with E-state index >= 15 is 0 Å². The van der Waals surface area contributed by atoms with Gasteiger partial charge in [0.05, 0.1) is 6.61 Å². The predicted octanol–water partition coefficient (Wildman–Crippen LogP) is 3.02. The maximum Gasteiger partial charge on any atom is 0.251 e. The van der Waals surface area contributed by atoms with Gasteiger partial charge in [-0.15, -0.1) is 11.6 Å². The van der Waals surface area contributed by atoms with Gasteiger partial charge in [-0.2, -0.15) is 0 Å². The monoisotopic (exact) mass is 289 g/mol. The summed E-state index contributed by atoms with van der Waals surface area (Å²) in [6.45, 7) is 3.55. The number of ether oxygens (including phenoxy) is 1. The smallest absolute Gasteiger partial charge is 0.251 e. The molecule has 1 amide bonds. The van der Waals surface area contributed by atoms with Crippen molar-refractivity contribution in [2.75, 3.05) is 25.6 Å². The summed E-state index contributed by atoms with van der Waals surface area (Å²) in [5.74, 6) is 0.390.